The Morgan fingerprint density at radius 1 is 1.30 bits per heavy atom. The number of benzene rings is 1. The topological polar surface area (TPSA) is 50.4 Å². The Labute approximate surface area is 137 Å². The quantitative estimate of drug-likeness (QED) is 0.816. The van der Waals surface area contributed by atoms with Gasteiger partial charge in [-0.2, -0.15) is 0 Å². The summed E-state index contributed by atoms with van der Waals surface area (Å²) in [5, 5.41) is 6.11. The van der Waals surface area contributed by atoms with Crippen LogP contribution < -0.4 is 10.6 Å². The van der Waals surface area contributed by atoms with E-state index in [1.54, 1.807) is 12.2 Å². The van der Waals surface area contributed by atoms with E-state index in [-0.39, 0.29) is 6.10 Å². The van der Waals surface area contributed by atoms with Crippen molar-refractivity contribution in [2.75, 3.05) is 13.1 Å². The SMILES string of the molecule is C=C/C=C\C(NC(=O)OC1CCNCC1)=C(/C)c1ccccc1. The molecule has 1 heterocycles. The van der Waals surface area contributed by atoms with E-state index in [2.05, 4.69) is 17.2 Å². The van der Waals surface area contributed by atoms with Gasteiger partial charge in [0.25, 0.3) is 0 Å². The molecule has 0 saturated carbocycles. The van der Waals surface area contributed by atoms with Gasteiger partial charge in [0.05, 0.1) is 0 Å². The third-order valence-corrected chi connectivity index (χ3v) is 3.81. The molecule has 0 atom stereocenters. The van der Waals surface area contributed by atoms with Crippen molar-refractivity contribution in [3.8, 4) is 0 Å². The molecule has 1 saturated heterocycles. The van der Waals surface area contributed by atoms with Crippen molar-refractivity contribution in [1.82, 2.24) is 10.6 Å². The smallest absolute Gasteiger partial charge is 0.411 e. The van der Waals surface area contributed by atoms with Gasteiger partial charge in [-0.05, 0) is 50.1 Å². The van der Waals surface area contributed by atoms with E-state index in [4.69, 9.17) is 4.74 Å². The number of allylic oxidation sites excluding steroid dienone is 4. The zero-order valence-electron chi connectivity index (χ0n) is 13.5. The molecule has 1 aliphatic heterocycles. The predicted octanol–water partition coefficient (Wildman–Crippen LogP) is 3.64. The Bertz CT molecular complexity index is 585. The van der Waals surface area contributed by atoms with E-state index >= 15 is 0 Å². The summed E-state index contributed by atoms with van der Waals surface area (Å²) in [7, 11) is 0. The number of hydrogen-bond acceptors (Lipinski definition) is 3. The Kier molecular flexibility index (Phi) is 6.63. The number of ether oxygens (including phenoxy) is 1. The minimum Gasteiger partial charge on any atom is -0.446 e. The number of rotatable bonds is 5. The summed E-state index contributed by atoms with van der Waals surface area (Å²) in [6.07, 6.45) is 6.59. The Morgan fingerprint density at radius 3 is 2.65 bits per heavy atom. The predicted molar refractivity (Wildman–Crippen MR) is 93.9 cm³/mol. The summed E-state index contributed by atoms with van der Waals surface area (Å²) in [6, 6.07) is 9.94. The van der Waals surface area contributed by atoms with Gasteiger partial charge in [0.1, 0.15) is 6.10 Å². The molecule has 4 heteroatoms. The van der Waals surface area contributed by atoms with Gasteiger partial charge in [-0.25, -0.2) is 4.79 Å². The maximum atomic E-state index is 12.2. The molecule has 23 heavy (non-hydrogen) atoms. The maximum Gasteiger partial charge on any atom is 0.411 e. The van der Waals surface area contributed by atoms with Gasteiger partial charge in [0, 0.05) is 5.70 Å². The van der Waals surface area contributed by atoms with Crippen LogP contribution in [0, 0.1) is 0 Å². The summed E-state index contributed by atoms with van der Waals surface area (Å²) in [4.78, 5) is 12.2. The van der Waals surface area contributed by atoms with Crippen LogP contribution in [0.15, 0.2) is 60.8 Å². The number of nitrogens with one attached hydrogen (secondary N) is 2. The van der Waals surface area contributed by atoms with Crippen LogP contribution in [0.2, 0.25) is 0 Å². The number of hydrogen-bond donors (Lipinski definition) is 2. The molecular weight excluding hydrogens is 288 g/mol. The van der Waals surface area contributed by atoms with Crippen molar-refractivity contribution in [3.63, 3.8) is 0 Å². The Hall–Kier alpha value is -2.33. The number of carbonyl (C=O) groups is 1. The molecule has 0 aromatic heterocycles. The number of carbonyl (C=O) groups excluding carboxylic acids is 1. The van der Waals surface area contributed by atoms with Gasteiger partial charge >= 0.3 is 6.09 Å². The van der Waals surface area contributed by atoms with Crippen LogP contribution in [0.3, 0.4) is 0 Å². The van der Waals surface area contributed by atoms with E-state index in [0.29, 0.717) is 0 Å². The van der Waals surface area contributed by atoms with Gasteiger partial charge < -0.3 is 10.1 Å². The fourth-order valence-electron chi connectivity index (χ4n) is 2.47. The highest BCUT2D eigenvalue weighted by atomic mass is 16.6. The first-order valence-electron chi connectivity index (χ1n) is 7.94. The molecule has 1 aliphatic rings. The molecule has 0 spiro atoms. The second kappa shape index (κ2) is 8.96. The molecule has 2 N–H and O–H groups in total. The minimum absolute atomic E-state index is 0.0158. The van der Waals surface area contributed by atoms with Crippen molar-refractivity contribution in [2.45, 2.75) is 25.9 Å². The van der Waals surface area contributed by atoms with Gasteiger partial charge in [-0.1, -0.05) is 49.1 Å². The fraction of sp³-hybridized carbons (Fsp3) is 0.316. The lowest BCUT2D eigenvalue weighted by Gasteiger charge is -2.23. The van der Waals surface area contributed by atoms with Crippen molar-refractivity contribution in [1.29, 1.82) is 0 Å². The van der Waals surface area contributed by atoms with Crippen molar-refractivity contribution >= 4 is 11.7 Å². The molecule has 1 aromatic rings. The second-order valence-electron chi connectivity index (χ2n) is 5.48. The van der Waals surface area contributed by atoms with E-state index < -0.39 is 6.09 Å². The Morgan fingerprint density at radius 2 is 2.00 bits per heavy atom. The van der Waals surface area contributed by atoms with Crippen LogP contribution in [0.5, 0.6) is 0 Å². The number of piperidine rings is 1. The van der Waals surface area contributed by atoms with E-state index in [9.17, 15) is 4.79 Å². The first-order valence-corrected chi connectivity index (χ1v) is 7.94. The molecular formula is C19H24N2O2. The van der Waals surface area contributed by atoms with Crippen LogP contribution in [-0.2, 0) is 4.74 Å². The summed E-state index contributed by atoms with van der Waals surface area (Å²) < 4.78 is 5.50. The van der Waals surface area contributed by atoms with Gasteiger partial charge in [0.15, 0.2) is 0 Å². The largest absolute Gasteiger partial charge is 0.446 e. The molecule has 122 valence electrons. The summed E-state index contributed by atoms with van der Waals surface area (Å²) >= 11 is 0. The maximum absolute atomic E-state index is 12.2. The zero-order valence-corrected chi connectivity index (χ0v) is 13.5. The van der Waals surface area contributed by atoms with Crippen LogP contribution in [-0.4, -0.2) is 25.3 Å². The first-order chi connectivity index (χ1) is 11.2. The number of amides is 1. The second-order valence-corrected chi connectivity index (χ2v) is 5.48. The number of alkyl carbamates (subject to hydrolysis) is 1. The average molecular weight is 312 g/mol. The van der Waals surface area contributed by atoms with Gasteiger partial charge in [-0.15, -0.1) is 0 Å². The Balaban J connectivity index is 2.10. The van der Waals surface area contributed by atoms with Crippen molar-refractivity contribution in [2.24, 2.45) is 0 Å². The standard InChI is InChI=1S/C19H24N2O2/c1-3-4-10-18(15(2)16-8-6-5-7-9-16)21-19(22)23-17-11-13-20-14-12-17/h3-10,17,20H,1,11-14H2,2H3,(H,21,22)/b10-4-,18-15-. The molecule has 4 nitrogen and oxygen atoms in total. The molecule has 1 aromatic carbocycles. The highest BCUT2D eigenvalue weighted by molar-refractivity contribution is 5.77. The molecule has 0 radical (unpaired) electrons. The van der Waals surface area contributed by atoms with Crippen LogP contribution in [0.4, 0.5) is 4.79 Å². The molecule has 2 rings (SSSR count). The van der Waals surface area contributed by atoms with Crippen molar-refractivity contribution in [3.05, 3.63) is 66.4 Å². The molecule has 0 unspecified atom stereocenters. The highest BCUT2D eigenvalue weighted by Gasteiger charge is 2.18. The highest BCUT2D eigenvalue weighted by Crippen LogP contribution is 2.18. The summed E-state index contributed by atoms with van der Waals surface area (Å²) in [5.74, 6) is 0. The van der Waals surface area contributed by atoms with Gasteiger partial charge in [-0.3, -0.25) is 5.32 Å². The lowest BCUT2D eigenvalue weighted by atomic mass is 10.1. The van der Waals surface area contributed by atoms with Crippen molar-refractivity contribution < 1.29 is 9.53 Å². The first kappa shape index (κ1) is 17.0. The lowest BCUT2D eigenvalue weighted by molar-refractivity contribution is 0.0817. The van der Waals surface area contributed by atoms with Crippen LogP contribution in [0.25, 0.3) is 5.57 Å². The third-order valence-electron chi connectivity index (χ3n) is 3.81. The third kappa shape index (κ3) is 5.42. The molecule has 0 bridgehead atoms. The van der Waals surface area contributed by atoms with E-state index in [0.717, 1.165) is 42.8 Å². The molecule has 1 amide bonds. The molecule has 0 aliphatic carbocycles. The molecule has 1 fully saturated rings. The van der Waals surface area contributed by atoms with Crippen LogP contribution in [0.1, 0.15) is 25.3 Å². The summed E-state index contributed by atoms with van der Waals surface area (Å²) in [5.41, 5.74) is 2.75. The van der Waals surface area contributed by atoms with E-state index in [1.807, 2.05) is 43.3 Å². The lowest BCUT2D eigenvalue weighted by Crippen LogP contribution is -2.36. The average Bonchev–Trinajstić information content (AvgIpc) is 2.59. The van der Waals surface area contributed by atoms with Gasteiger partial charge in [0.2, 0.25) is 0 Å². The van der Waals surface area contributed by atoms with Crippen LogP contribution >= 0.6 is 0 Å². The minimum atomic E-state index is -0.407. The fourth-order valence-corrected chi connectivity index (χ4v) is 2.47. The zero-order chi connectivity index (χ0) is 16.5. The monoisotopic (exact) mass is 312 g/mol. The summed E-state index contributed by atoms with van der Waals surface area (Å²) in [6.45, 7) is 7.43. The normalized spacial score (nSPS) is 16.7. The van der Waals surface area contributed by atoms with E-state index in [1.165, 1.54) is 0 Å².